The third-order valence-corrected chi connectivity index (χ3v) is 3.94. The molecule has 1 amide bonds. The summed E-state index contributed by atoms with van der Waals surface area (Å²) in [5.74, 6) is -0.598. The fourth-order valence-electron chi connectivity index (χ4n) is 2.22. The Bertz CT molecular complexity index is 816. The zero-order chi connectivity index (χ0) is 21.1. The first-order chi connectivity index (χ1) is 14.0. The van der Waals surface area contributed by atoms with E-state index in [4.69, 9.17) is 25.8 Å². The van der Waals surface area contributed by atoms with E-state index in [0.717, 1.165) is 0 Å². The van der Waals surface area contributed by atoms with E-state index >= 15 is 0 Å². The molecule has 0 aliphatic rings. The fourth-order valence-corrected chi connectivity index (χ4v) is 2.35. The molecule has 0 aromatic heterocycles. The molecule has 0 heterocycles. The van der Waals surface area contributed by atoms with E-state index in [-0.39, 0.29) is 42.5 Å². The van der Waals surface area contributed by atoms with Crippen molar-refractivity contribution in [2.45, 2.75) is 32.5 Å². The minimum absolute atomic E-state index is 0. The second kappa shape index (κ2) is 14.0. The molecule has 1 unspecified atom stereocenters. The van der Waals surface area contributed by atoms with Gasteiger partial charge in [-0.1, -0.05) is 36.7 Å². The molecule has 0 spiro atoms. The molecule has 0 saturated carbocycles. The Labute approximate surface area is 202 Å². The van der Waals surface area contributed by atoms with E-state index in [1.807, 2.05) is 0 Å². The normalized spacial score (nSPS) is 10.9. The summed E-state index contributed by atoms with van der Waals surface area (Å²) in [6, 6.07) is 14.9. The number of carbonyl (C=O) groups is 3. The van der Waals surface area contributed by atoms with Crippen molar-refractivity contribution in [1.29, 1.82) is 0 Å². The molecule has 0 saturated heterocycles. The van der Waals surface area contributed by atoms with E-state index in [1.54, 1.807) is 61.5 Å². The Hall–Kier alpha value is -2.06. The molecule has 9 heteroatoms. The van der Waals surface area contributed by atoms with Gasteiger partial charge in [0.15, 0.2) is 0 Å². The Morgan fingerprint density at radius 3 is 2.30 bits per heavy atom. The Kier molecular flexibility index (Phi) is 12.2. The number of benzene rings is 2. The van der Waals surface area contributed by atoms with Crippen LogP contribution in [0.2, 0.25) is 5.02 Å². The van der Waals surface area contributed by atoms with E-state index in [2.05, 4.69) is 5.32 Å². The monoisotopic (exact) mass is 443 g/mol. The van der Waals surface area contributed by atoms with Gasteiger partial charge >= 0.3 is 47.6 Å². The summed E-state index contributed by atoms with van der Waals surface area (Å²) < 4.78 is 15.4. The standard InChI is InChI=1S/C21H22ClNO6.Na.H/c1-2-19(28-20(25)15-7-4-3-5-8-15)29-21(26)23-14-6-9-18(24)27-17-12-10-16(22)11-13-17;;/h3-5,7-8,10-13,19H,2,6,9,14H2,1H3,(H,23,26);;. The van der Waals surface area contributed by atoms with Crippen LogP contribution in [0.25, 0.3) is 0 Å². The van der Waals surface area contributed by atoms with Crippen LogP contribution in [-0.2, 0) is 14.3 Å². The van der Waals surface area contributed by atoms with E-state index in [9.17, 15) is 14.4 Å². The number of rotatable bonds is 9. The Morgan fingerprint density at radius 2 is 1.67 bits per heavy atom. The van der Waals surface area contributed by atoms with Crippen LogP contribution in [0.3, 0.4) is 0 Å². The first-order valence-corrected chi connectivity index (χ1v) is 9.52. The van der Waals surface area contributed by atoms with E-state index in [0.29, 0.717) is 29.2 Å². The Morgan fingerprint density at radius 1 is 1.00 bits per heavy atom. The van der Waals surface area contributed by atoms with Gasteiger partial charge in [0.05, 0.1) is 5.56 Å². The van der Waals surface area contributed by atoms with Crippen molar-refractivity contribution in [2.75, 3.05) is 6.54 Å². The van der Waals surface area contributed by atoms with Crippen molar-refractivity contribution in [3.8, 4) is 5.75 Å². The van der Waals surface area contributed by atoms with Crippen molar-refractivity contribution in [3.05, 3.63) is 65.2 Å². The molecule has 1 atom stereocenters. The molecule has 0 aliphatic heterocycles. The van der Waals surface area contributed by atoms with Gasteiger partial charge in [-0.05, 0) is 42.8 Å². The fraction of sp³-hybridized carbons (Fsp3) is 0.286. The third kappa shape index (κ3) is 9.63. The molecule has 0 radical (unpaired) electrons. The average Bonchev–Trinajstić information content (AvgIpc) is 2.73. The summed E-state index contributed by atoms with van der Waals surface area (Å²) in [6.07, 6.45) is -0.952. The molecule has 2 rings (SSSR count). The summed E-state index contributed by atoms with van der Waals surface area (Å²) in [5.41, 5.74) is 0.370. The number of amides is 1. The number of alkyl carbamates (subject to hydrolysis) is 1. The number of hydrogen-bond donors (Lipinski definition) is 1. The second-order valence-corrected chi connectivity index (χ2v) is 6.41. The van der Waals surface area contributed by atoms with Crippen LogP contribution in [0.1, 0.15) is 36.5 Å². The predicted octanol–water partition coefficient (Wildman–Crippen LogP) is 3.70. The number of carbonyl (C=O) groups excluding carboxylic acids is 3. The van der Waals surface area contributed by atoms with Crippen LogP contribution in [0.15, 0.2) is 54.6 Å². The van der Waals surface area contributed by atoms with Crippen molar-refractivity contribution in [3.63, 3.8) is 0 Å². The van der Waals surface area contributed by atoms with Crippen LogP contribution in [0.4, 0.5) is 4.79 Å². The van der Waals surface area contributed by atoms with Crippen molar-refractivity contribution < 1.29 is 28.6 Å². The van der Waals surface area contributed by atoms with Crippen molar-refractivity contribution in [2.24, 2.45) is 0 Å². The quantitative estimate of drug-likeness (QED) is 0.209. The maximum atomic E-state index is 12.0. The van der Waals surface area contributed by atoms with Gasteiger partial charge in [-0.2, -0.15) is 0 Å². The molecule has 2 aromatic rings. The molecule has 156 valence electrons. The summed E-state index contributed by atoms with van der Waals surface area (Å²) >= 11 is 5.77. The number of esters is 2. The second-order valence-electron chi connectivity index (χ2n) is 5.97. The summed E-state index contributed by atoms with van der Waals surface area (Å²) in [6.45, 7) is 1.93. The van der Waals surface area contributed by atoms with Crippen LogP contribution >= 0.6 is 11.6 Å². The first kappa shape index (κ1) is 26.0. The summed E-state index contributed by atoms with van der Waals surface area (Å²) in [7, 11) is 0. The van der Waals surface area contributed by atoms with Crippen LogP contribution in [-0.4, -0.2) is 60.4 Å². The van der Waals surface area contributed by atoms with Gasteiger partial charge in [-0.15, -0.1) is 0 Å². The van der Waals surface area contributed by atoms with Gasteiger partial charge in [-0.3, -0.25) is 4.79 Å². The number of hydrogen-bond acceptors (Lipinski definition) is 6. The molecule has 0 aliphatic carbocycles. The first-order valence-electron chi connectivity index (χ1n) is 9.14. The minimum atomic E-state index is -1.00. The van der Waals surface area contributed by atoms with Crippen LogP contribution < -0.4 is 10.1 Å². The predicted molar refractivity (Wildman–Crippen MR) is 114 cm³/mol. The topological polar surface area (TPSA) is 90.9 Å². The molecule has 30 heavy (non-hydrogen) atoms. The SMILES string of the molecule is CCC(OC(=O)NCCCC(=O)Oc1ccc(Cl)cc1)OC(=O)c1ccccc1.[NaH]. The molecule has 0 fully saturated rings. The number of halogens is 1. The summed E-state index contributed by atoms with van der Waals surface area (Å²) in [4.78, 5) is 35.6. The molecule has 1 N–H and O–H groups in total. The van der Waals surface area contributed by atoms with Crippen molar-refractivity contribution in [1.82, 2.24) is 5.32 Å². The van der Waals surface area contributed by atoms with E-state index in [1.165, 1.54) is 0 Å². The molecule has 7 nitrogen and oxygen atoms in total. The zero-order valence-corrected chi connectivity index (χ0v) is 16.7. The van der Waals surface area contributed by atoms with Crippen LogP contribution in [0.5, 0.6) is 5.75 Å². The average molecular weight is 444 g/mol. The number of ether oxygens (including phenoxy) is 3. The van der Waals surface area contributed by atoms with Crippen LogP contribution in [0, 0.1) is 0 Å². The summed E-state index contributed by atoms with van der Waals surface area (Å²) in [5, 5.41) is 3.06. The zero-order valence-electron chi connectivity index (χ0n) is 15.9. The van der Waals surface area contributed by atoms with Gasteiger partial charge in [0.25, 0.3) is 0 Å². The molecular weight excluding hydrogens is 421 g/mol. The van der Waals surface area contributed by atoms with Gasteiger partial charge in [0, 0.05) is 24.4 Å². The van der Waals surface area contributed by atoms with Gasteiger partial charge in [0.2, 0.25) is 6.29 Å². The van der Waals surface area contributed by atoms with Crippen molar-refractivity contribution >= 4 is 59.2 Å². The Balaban J connectivity index is 0.00000450. The van der Waals surface area contributed by atoms with Gasteiger partial charge in [-0.25, -0.2) is 9.59 Å². The van der Waals surface area contributed by atoms with Gasteiger partial charge < -0.3 is 19.5 Å². The molecule has 2 aromatic carbocycles. The maximum absolute atomic E-state index is 12.0. The number of nitrogens with one attached hydrogen (secondary N) is 1. The molecular formula is C21H23ClNNaO6. The third-order valence-electron chi connectivity index (χ3n) is 3.69. The van der Waals surface area contributed by atoms with Gasteiger partial charge in [0.1, 0.15) is 5.75 Å². The molecule has 0 bridgehead atoms. The van der Waals surface area contributed by atoms with E-state index < -0.39 is 24.3 Å².